The lowest BCUT2D eigenvalue weighted by Crippen LogP contribution is -2.12. The third kappa shape index (κ3) is 1.94. The largest absolute Gasteiger partial charge is 0.463 e. The first-order valence-corrected chi connectivity index (χ1v) is 4.15. The molecule has 0 atom stereocenters. The van der Waals surface area contributed by atoms with E-state index in [1.54, 1.807) is 12.1 Å². The van der Waals surface area contributed by atoms with Crippen molar-refractivity contribution in [3.63, 3.8) is 0 Å². The van der Waals surface area contributed by atoms with Gasteiger partial charge in [-0.05, 0) is 19.1 Å². The number of nitriles is 2. The molecule has 0 aliphatic rings. The highest BCUT2D eigenvalue weighted by Crippen LogP contribution is 2.15. The molecule has 1 N–H and O–H groups in total. The van der Waals surface area contributed by atoms with Gasteiger partial charge in [-0.1, -0.05) is 0 Å². The summed E-state index contributed by atoms with van der Waals surface area (Å²) in [6, 6.07) is 7.05. The fraction of sp³-hybridized carbons (Fsp3) is 0.200. The molecule has 4 heteroatoms. The molecule has 0 saturated heterocycles. The minimum atomic E-state index is 0.0294. The van der Waals surface area contributed by atoms with Crippen molar-refractivity contribution in [3.8, 4) is 12.1 Å². The van der Waals surface area contributed by atoms with Crippen LogP contribution in [0.1, 0.15) is 12.7 Å². The highest BCUT2D eigenvalue weighted by Gasteiger charge is 2.10. The second-order valence-electron chi connectivity index (χ2n) is 2.48. The van der Waals surface area contributed by atoms with Crippen LogP contribution in [0.3, 0.4) is 0 Å². The smallest absolute Gasteiger partial charge is 0.156 e. The van der Waals surface area contributed by atoms with Crippen molar-refractivity contribution < 1.29 is 4.42 Å². The summed E-state index contributed by atoms with van der Waals surface area (Å²) in [5.41, 5.74) is 0.476. The summed E-state index contributed by atoms with van der Waals surface area (Å²) < 4.78 is 5.11. The van der Waals surface area contributed by atoms with Crippen molar-refractivity contribution in [2.75, 3.05) is 6.54 Å². The first-order chi connectivity index (χ1) is 6.83. The van der Waals surface area contributed by atoms with Crippen molar-refractivity contribution in [3.05, 3.63) is 29.7 Å². The summed E-state index contributed by atoms with van der Waals surface area (Å²) in [6.07, 6.45) is 1.50. The van der Waals surface area contributed by atoms with E-state index in [2.05, 4.69) is 5.32 Å². The second kappa shape index (κ2) is 4.74. The van der Waals surface area contributed by atoms with Gasteiger partial charge in [-0.3, -0.25) is 0 Å². The highest BCUT2D eigenvalue weighted by molar-refractivity contribution is 5.70. The molecule has 1 rings (SSSR count). The van der Waals surface area contributed by atoms with Crippen LogP contribution in [0.25, 0.3) is 5.70 Å². The van der Waals surface area contributed by atoms with E-state index < -0.39 is 0 Å². The SMILES string of the molecule is CCNC(=C(C#N)C#N)c1ccco1. The Hall–Kier alpha value is -2.20. The molecule has 0 bridgehead atoms. The van der Waals surface area contributed by atoms with Crippen LogP contribution >= 0.6 is 0 Å². The van der Waals surface area contributed by atoms with Crippen molar-refractivity contribution >= 4 is 5.70 Å². The Bertz CT molecular complexity index is 388. The second-order valence-corrected chi connectivity index (χ2v) is 2.48. The molecule has 4 nitrogen and oxygen atoms in total. The molecule has 0 aliphatic carbocycles. The van der Waals surface area contributed by atoms with E-state index in [1.165, 1.54) is 6.26 Å². The molecule has 0 aromatic carbocycles. The fourth-order valence-corrected chi connectivity index (χ4v) is 1.03. The maximum Gasteiger partial charge on any atom is 0.156 e. The van der Waals surface area contributed by atoms with Crippen LogP contribution in [0.2, 0.25) is 0 Å². The number of furan rings is 1. The van der Waals surface area contributed by atoms with Gasteiger partial charge < -0.3 is 9.73 Å². The summed E-state index contributed by atoms with van der Waals surface area (Å²) in [4.78, 5) is 0. The first kappa shape index (κ1) is 9.88. The van der Waals surface area contributed by atoms with Crippen LogP contribution in [-0.2, 0) is 0 Å². The molecule has 0 radical (unpaired) electrons. The molecule has 0 amide bonds. The van der Waals surface area contributed by atoms with Gasteiger partial charge in [0, 0.05) is 6.54 Å². The lowest BCUT2D eigenvalue weighted by Gasteiger charge is -2.04. The number of nitrogens with one attached hydrogen (secondary N) is 1. The number of hydrogen-bond acceptors (Lipinski definition) is 4. The van der Waals surface area contributed by atoms with Gasteiger partial charge in [-0.2, -0.15) is 10.5 Å². The molecule has 0 fully saturated rings. The van der Waals surface area contributed by atoms with Gasteiger partial charge in [0.1, 0.15) is 17.8 Å². The highest BCUT2D eigenvalue weighted by atomic mass is 16.3. The number of rotatable bonds is 3. The monoisotopic (exact) mass is 187 g/mol. The number of hydrogen-bond donors (Lipinski definition) is 1. The van der Waals surface area contributed by atoms with Crippen LogP contribution < -0.4 is 5.32 Å². The summed E-state index contributed by atoms with van der Waals surface area (Å²) in [5, 5.41) is 20.3. The average Bonchev–Trinajstić information content (AvgIpc) is 2.71. The summed E-state index contributed by atoms with van der Waals surface area (Å²) in [6.45, 7) is 2.51. The zero-order valence-corrected chi connectivity index (χ0v) is 7.74. The van der Waals surface area contributed by atoms with E-state index >= 15 is 0 Å². The van der Waals surface area contributed by atoms with Gasteiger partial charge in [0.05, 0.1) is 6.26 Å². The van der Waals surface area contributed by atoms with Crippen molar-refractivity contribution in [1.29, 1.82) is 10.5 Å². The van der Waals surface area contributed by atoms with E-state index in [1.807, 2.05) is 19.1 Å². The van der Waals surface area contributed by atoms with Crippen LogP contribution in [0.4, 0.5) is 0 Å². The summed E-state index contributed by atoms with van der Waals surface area (Å²) in [5.74, 6) is 0.505. The van der Waals surface area contributed by atoms with Crippen molar-refractivity contribution in [2.24, 2.45) is 0 Å². The normalized spacial score (nSPS) is 8.50. The maximum absolute atomic E-state index is 8.71. The summed E-state index contributed by atoms with van der Waals surface area (Å²) in [7, 11) is 0. The Morgan fingerprint density at radius 2 is 2.21 bits per heavy atom. The zero-order valence-electron chi connectivity index (χ0n) is 7.74. The minimum Gasteiger partial charge on any atom is -0.463 e. The molecule has 14 heavy (non-hydrogen) atoms. The molecular weight excluding hydrogens is 178 g/mol. The Balaban J connectivity index is 3.16. The molecule has 0 unspecified atom stereocenters. The van der Waals surface area contributed by atoms with Crippen LogP contribution in [0, 0.1) is 22.7 Å². The Morgan fingerprint density at radius 3 is 2.64 bits per heavy atom. The predicted molar refractivity (Wildman–Crippen MR) is 50.5 cm³/mol. The Morgan fingerprint density at radius 1 is 1.50 bits per heavy atom. The molecule has 0 spiro atoms. The van der Waals surface area contributed by atoms with Crippen LogP contribution in [0.15, 0.2) is 28.4 Å². The third-order valence-corrected chi connectivity index (χ3v) is 1.59. The van der Waals surface area contributed by atoms with Crippen molar-refractivity contribution in [1.82, 2.24) is 5.32 Å². The summed E-state index contributed by atoms with van der Waals surface area (Å²) >= 11 is 0. The first-order valence-electron chi connectivity index (χ1n) is 4.15. The number of allylic oxidation sites excluding steroid dienone is 1. The Labute approximate surface area is 82.1 Å². The lowest BCUT2D eigenvalue weighted by molar-refractivity contribution is 0.547. The zero-order chi connectivity index (χ0) is 10.4. The quantitative estimate of drug-likeness (QED) is 0.730. The molecule has 70 valence electrons. The van der Waals surface area contributed by atoms with E-state index in [0.29, 0.717) is 18.0 Å². The van der Waals surface area contributed by atoms with Gasteiger partial charge in [0.25, 0.3) is 0 Å². The van der Waals surface area contributed by atoms with E-state index in [9.17, 15) is 0 Å². The third-order valence-electron chi connectivity index (χ3n) is 1.59. The van der Waals surface area contributed by atoms with Gasteiger partial charge in [-0.15, -0.1) is 0 Å². The molecule has 1 heterocycles. The molecule has 1 aromatic heterocycles. The molecule has 1 aromatic rings. The number of nitrogens with zero attached hydrogens (tertiary/aromatic N) is 2. The van der Waals surface area contributed by atoms with Crippen molar-refractivity contribution in [2.45, 2.75) is 6.92 Å². The average molecular weight is 187 g/mol. The predicted octanol–water partition coefficient (Wildman–Crippen LogP) is 1.65. The van der Waals surface area contributed by atoms with Crippen LogP contribution in [0.5, 0.6) is 0 Å². The molecule has 0 saturated carbocycles. The van der Waals surface area contributed by atoms with Gasteiger partial charge in [-0.25, -0.2) is 0 Å². The minimum absolute atomic E-state index is 0.0294. The van der Waals surface area contributed by atoms with Gasteiger partial charge >= 0.3 is 0 Å². The van der Waals surface area contributed by atoms with E-state index in [4.69, 9.17) is 14.9 Å². The molecule has 0 aliphatic heterocycles. The van der Waals surface area contributed by atoms with E-state index in [-0.39, 0.29) is 5.57 Å². The molecular formula is C10H9N3O. The lowest BCUT2D eigenvalue weighted by atomic mass is 10.2. The fourth-order valence-electron chi connectivity index (χ4n) is 1.03. The van der Waals surface area contributed by atoms with Crippen LogP contribution in [-0.4, -0.2) is 6.54 Å². The van der Waals surface area contributed by atoms with Gasteiger partial charge in [0.2, 0.25) is 0 Å². The standard InChI is InChI=1S/C10H9N3O/c1-2-13-10(8(6-11)7-12)9-4-3-5-14-9/h3-5,13H,2H2,1H3. The Kier molecular flexibility index (Phi) is 3.34. The van der Waals surface area contributed by atoms with Gasteiger partial charge in [0.15, 0.2) is 11.3 Å². The topological polar surface area (TPSA) is 72.8 Å². The van der Waals surface area contributed by atoms with E-state index in [0.717, 1.165) is 0 Å². The maximum atomic E-state index is 8.71.